The smallest absolute Gasteiger partial charge is 0.268 e. The number of rotatable bonds is 4. The van der Waals surface area contributed by atoms with Crippen molar-refractivity contribution in [2.45, 2.75) is 25.9 Å². The van der Waals surface area contributed by atoms with Crippen LogP contribution in [0.3, 0.4) is 0 Å². The number of hydrazine groups is 1. The molecule has 1 atom stereocenters. The Balaban J connectivity index is 2.02. The van der Waals surface area contributed by atoms with Crippen molar-refractivity contribution in [2.75, 3.05) is 26.7 Å². The van der Waals surface area contributed by atoms with Crippen molar-refractivity contribution in [3.8, 4) is 0 Å². The number of nitrogens with zero attached hydrogens (tertiary/aromatic N) is 2. The van der Waals surface area contributed by atoms with Gasteiger partial charge in [0.2, 0.25) is 0 Å². The summed E-state index contributed by atoms with van der Waals surface area (Å²) in [6.45, 7) is 5.87. The van der Waals surface area contributed by atoms with Crippen LogP contribution < -0.4 is 11.3 Å². The lowest BCUT2D eigenvalue weighted by Gasteiger charge is -2.38. The van der Waals surface area contributed by atoms with Gasteiger partial charge in [-0.25, -0.2) is 5.84 Å². The Morgan fingerprint density at radius 2 is 2.37 bits per heavy atom. The molecule has 6 nitrogen and oxygen atoms in total. The molecule has 1 saturated heterocycles. The minimum absolute atomic E-state index is 0.301. The number of amides is 1. The highest BCUT2D eigenvalue weighted by Crippen LogP contribution is 2.17. The first-order chi connectivity index (χ1) is 9.15. The first-order valence-electron chi connectivity index (χ1n) is 6.65. The van der Waals surface area contributed by atoms with Gasteiger partial charge in [0.1, 0.15) is 5.76 Å². The standard InChI is InChI=1S/C13H22N4O2/c1-3-10-8-17(6-5-16(10)2)9-12-11(4-7-19-12)13(18)15-14/h4,7,10H,3,5-6,8-9,14H2,1-2H3,(H,15,18). The molecule has 2 rings (SSSR count). The molecule has 1 fully saturated rings. The Morgan fingerprint density at radius 1 is 1.58 bits per heavy atom. The molecule has 1 aromatic heterocycles. The van der Waals surface area contributed by atoms with Crippen molar-refractivity contribution in [3.05, 3.63) is 23.7 Å². The van der Waals surface area contributed by atoms with Crippen molar-refractivity contribution in [3.63, 3.8) is 0 Å². The summed E-state index contributed by atoms with van der Waals surface area (Å²) in [6.07, 6.45) is 2.66. The second kappa shape index (κ2) is 6.18. The predicted molar refractivity (Wildman–Crippen MR) is 72.3 cm³/mol. The number of carbonyl (C=O) groups excluding carboxylic acids is 1. The molecule has 1 aliphatic heterocycles. The van der Waals surface area contributed by atoms with Gasteiger partial charge in [0, 0.05) is 25.7 Å². The number of hydrogen-bond donors (Lipinski definition) is 2. The molecule has 3 N–H and O–H groups in total. The molecular weight excluding hydrogens is 244 g/mol. The van der Waals surface area contributed by atoms with Gasteiger partial charge in [-0.3, -0.25) is 15.1 Å². The molecule has 2 heterocycles. The maximum Gasteiger partial charge on any atom is 0.268 e. The van der Waals surface area contributed by atoms with Crippen molar-refractivity contribution in [1.29, 1.82) is 0 Å². The van der Waals surface area contributed by atoms with Gasteiger partial charge in [-0.05, 0) is 19.5 Å². The monoisotopic (exact) mass is 266 g/mol. The van der Waals surface area contributed by atoms with Gasteiger partial charge >= 0.3 is 0 Å². The maximum absolute atomic E-state index is 11.6. The van der Waals surface area contributed by atoms with Crippen molar-refractivity contribution in [2.24, 2.45) is 5.84 Å². The van der Waals surface area contributed by atoms with Crippen LogP contribution in [-0.2, 0) is 6.54 Å². The van der Waals surface area contributed by atoms with E-state index >= 15 is 0 Å². The lowest BCUT2D eigenvalue weighted by Crippen LogP contribution is -2.50. The van der Waals surface area contributed by atoms with Gasteiger partial charge in [-0.15, -0.1) is 0 Å². The normalized spacial score (nSPS) is 21.5. The topological polar surface area (TPSA) is 74.7 Å². The van der Waals surface area contributed by atoms with Crippen LogP contribution in [0.25, 0.3) is 0 Å². The molecule has 0 spiro atoms. The Hall–Kier alpha value is -1.37. The van der Waals surface area contributed by atoms with Crippen LogP contribution in [-0.4, -0.2) is 48.4 Å². The third-order valence-electron chi connectivity index (χ3n) is 3.82. The van der Waals surface area contributed by atoms with Gasteiger partial charge in [-0.1, -0.05) is 6.92 Å². The van der Waals surface area contributed by atoms with Crippen molar-refractivity contribution in [1.82, 2.24) is 15.2 Å². The minimum atomic E-state index is -0.301. The van der Waals surface area contributed by atoms with Gasteiger partial charge in [0.05, 0.1) is 18.4 Å². The number of hydrogen-bond acceptors (Lipinski definition) is 5. The zero-order valence-corrected chi connectivity index (χ0v) is 11.6. The largest absolute Gasteiger partial charge is 0.467 e. The maximum atomic E-state index is 11.6. The highest BCUT2D eigenvalue weighted by Gasteiger charge is 2.25. The summed E-state index contributed by atoms with van der Waals surface area (Å²) >= 11 is 0. The van der Waals surface area contributed by atoms with Crippen LogP contribution in [0, 0.1) is 0 Å². The number of piperazine rings is 1. The van der Waals surface area contributed by atoms with Crippen LogP contribution >= 0.6 is 0 Å². The van der Waals surface area contributed by atoms with E-state index in [9.17, 15) is 4.79 Å². The minimum Gasteiger partial charge on any atom is -0.467 e. The van der Waals surface area contributed by atoms with Crippen molar-refractivity contribution >= 4 is 5.91 Å². The van der Waals surface area contributed by atoms with E-state index in [4.69, 9.17) is 10.3 Å². The molecule has 106 valence electrons. The van der Waals surface area contributed by atoms with Crippen LogP contribution in [0.1, 0.15) is 29.5 Å². The molecule has 0 saturated carbocycles. The van der Waals surface area contributed by atoms with Crippen LogP contribution in [0.4, 0.5) is 0 Å². The fourth-order valence-electron chi connectivity index (χ4n) is 2.54. The highest BCUT2D eigenvalue weighted by molar-refractivity contribution is 5.94. The van der Waals surface area contributed by atoms with E-state index in [1.165, 1.54) is 6.26 Å². The third-order valence-corrected chi connectivity index (χ3v) is 3.82. The Bertz CT molecular complexity index is 432. The zero-order chi connectivity index (χ0) is 13.8. The summed E-state index contributed by atoms with van der Waals surface area (Å²) in [7, 11) is 2.16. The summed E-state index contributed by atoms with van der Waals surface area (Å²) < 4.78 is 5.41. The number of nitrogens with one attached hydrogen (secondary N) is 1. The molecular formula is C13H22N4O2. The second-order valence-electron chi connectivity index (χ2n) is 5.01. The molecule has 0 aromatic carbocycles. The average molecular weight is 266 g/mol. The van der Waals surface area contributed by atoms with Gasteiger partial charge < -0.3 is 9.32 Å². The number of likely N-dealkylation sites (N-methyl/N-ethyl adjacent to an activating group) is 1. The fourth-order valence-corrected chi connectivity index (χ4v) is 2.54. The first kappa shape index (κ1) is 14.0. The number of nitrogens with two attached hydrogens (primary N) is 1. The molecule has 0 aliphatic carbocycles. The fraction of sp³-hybridized carbons (Fsp3) is 0.615. The lowest BCUT2D eigenvalue weighted by molar-refractivity contribution is 0.0822. The average Bonchev–Trinajstić information content (AvgIpc) is 2.88. The summed E-state index contributed by atoms with van der Waals surface area (Å²) in [5.74, 6) is 5.55. The Kier molecular flexibility index (Phi) is 4.57. The number of nitrogen functional groups attached to an aromatic ring is 1. The van der Waals surface area contributed by atoms with Gasteiger partial charge in [0.25, 0.3) is 5.91 Å². The Morgan fingerprint density at radius 3 is 3.05 bits per heavy atom. The summed E-state index contributed by atoms with van der Waals surface area (Å²) in [5.41, 5.74) is 2.67. The van der Waals surface area contributed by atoms with Crippen LogP contribution in [0.5, 0.6) is 0 Å². The quantitative estimate of drug-likeness (QED) is 0.469. The van der Waals surface area contributed by atoms with E-state index in [0.717, 1.165) is 26.1 Å². The van der Waals surface area contributed by atoms with E-state index in [-0.39, 0.29) is 5.91 Å². The summed E-state index contributed by atoms with van der Waals surface area (Å²) in [6, 6.07) is 2.22. The molecule has 1 aromatic rings. The molecule has 1 unspecified atom stereocenters. The molecule has 6 heteroatoms. The molecule has 0 bridgehead atoms. The molecule has 1 aliphatic rings. The van der Waals surface area contributed by atoms with E-state index in [1.54, 1.807) is 6.07 Å². The predicted octanol–water partition coefficient (Wildman–Crippen LogP) is 0.409. The van der Waals surface area contributed by atoms with E-state index in [0.29, 0.717) is 23.9 Å². The number of carbonyl (C=O) groups is 1. The van der Waals surface area contributed by atoms with Crippen molar-refractivity contribution < 1.29 is 9.21 Å². The third kappa shape index (κ3) is 3.15. The zero-order valence-electron chi connectivity index (χ0n) is 11.6. The van der Waals surface area contributed by atoms with E-state index < -0.39 is 0 Å². The molecule has 0 radical (unpaired) electrons. The second-order valence-corrected chi connectivity index (χ2v) is 5.01. The lowest BCUT2D eigenvalue weighted by atomic mass is 10.1. The van der Waals surface area contributed by atoms with Gasteiger partial charge in [-0.2, -0.15) is 0 Å². The number of furan rings is 1. The summed E-state index contributed by atoms with van der Waals surface area (Å²) in [5, 5.41) is 0. The van der Waals surface area contributed by atoms with Crippen LogP contribution in [0.2, 0.25) is 0 Å². The Labute approximate surface area is 113 Å². The first-order valence-corrected chi connectivity index (χ1v) is 6.65. The molecule has 19 heavy (non-hydrogen) atoms. The van der Waals surface area contributed by atoms with Gasteiger partial charge in [0.15, 0.2) is 0 Å². The summed E-state index contributed by atoms with van der Waals surface area (Å²) in [4.78, 5) is 16.3. The van der Waals surface area contributed by atoms with E-state index in [2.05, 4.69) is 29.2 Å². The van der Waals surface area contributed by atoms with Crippen LogP contribution in [0.15, 0.2) is 16.7 Å². The van der Waals surface area contributed by atoms with E-state index in [1.807, 2.05) is 0 Å². The molecule has 1 amide bonds. The highest BCUT2D eigenvalue weighted by atomic mass is 16.3. The SMILES string of the molecule is CCC1CN(Cc2occc2C(=O)NN)CCN1C.